The standard InChI is InChI=1S/C11H11Cl2F3N2O/c1-5(17)2-9(18)19-10-7(12)3-6(4-8(10)13)11(14,15)16/h2-4,9H,17-18H2,1H3/b5-2-. The van der Waals surface area contributed by atoms with Gasteiger partial charge in [-0.05, 0) is 25.1 Å². The molecule has 0 aliphatic heterocycles. The first-order valence-corrected chi connectivity index (χ1v) is 5.79. The van der Waals surface area contributed by atoms with Gasteiger partial charge in [0, 0.05) is 5.70 Å². The fraction of sp³-hybridized carbons (Fsp3) is 0.273. The Hall–Kier alpha value is -1.11. The van der Waals surface area contributed by atoms with Crippen LogP contribution in [-0.2, 0) is 6.18 Å². The topological polar surface area (TPSA) is 61.3 Å². The summed E-state index contributed by atoms with van der Waals surface area (Å²) in [6.07, 6.45) is -4.14. The van der Waals surface area contributed by atoms with Crippen LogP contribution in [0.3, 0.4) is 0 Å². The van der Waals surface area contributed by atoms with E-state index in [1.54, 1.807) is 6.92 Å². The molecular weight excluding hydrogens is 304 g/mol. The molecule has 4 N–H and O–H groups in total. The van der Waals surface area contributed by atoms with Gasteiger partial charge in [-0.25, -0.2) is 0 Å². The second-order valence-electron chi connectivity index (χ2n) is 3.76. The Morgan fingerprint density at radius 3 is 2.16 bits per heavy atom. The molecule has 19 heavy (non-hydrogen) atoms. The molecule has 1 rings (SSSR count). The first-order valence-electron chi connectivity index (χ1n) is 5.03. The Labute approximate surface area is 117 Å². The van der Waals surface area contributed by atoms with Crippen LogP contribution in [0.2, 0.25) is 10.0 Å². The molecule has 1 atom stereocenters. The molecule has 0 bridgehead atoms. The summed E-state index contributed by atoms with van der Waals surface area (Å²) < 4.78 is 42.7. The summed E-state index contributed by atoms with van der Waals surface area (Å²) >= 11 is 11.4. The van der Waals surface area contributed by atoms with Crippen LogP contribution in [0.4, 0.5) is 13.2 Å². The largest absolute Gasteiger partial charge is 0.469 e. The lowest BCUT2D eigenvalue weighted by atomic mass is 10.2. The minimum Gasteiger partial charge on any atom is -0.469 e. The fourth-order valence-corrected chi connectivity index (χ4v) is 1.84. The van der Waals surface area contributed by atoms with Crippen molar-refractivity contribution in [2.75, 3.05) is 0 Å². The van der Waals surface area contributed by atoms with Crippen molar-refractivity contribution in [2.45, 2.75) is 19.3 Å². The molecule has 0 spiro atoms. The van der Waals surface area contributed by atoms with Crippen molar-refractivity contribution in [3.63, 3.8) is 0 Å². The molecule has 1 aromatic carbocycles. The van der Waals surface area contributed by atoms with Crippen molar-refractivity contribution in [1.82, 2.24) is 0 Å². The van der Waals surface area contributed by atoms with Gasteiger partial charge in [0.05, 0.1) is 15.6 Å². The Morgan fingerprint density at radius 2 is 1.79 bits per heavy atom. The van der Waals surface area contributed by atoms with E-state index in [-0.39, 0.29) is 15.8 Å². The van der Waals surface area contributed by atoms with Crippen LogP contribution in [0.1, 0.15) is 12.5 Å². The zero-order chi connectivity index (χ0) is 14.8. The van der Waals surface area contributed by atoms with Crippen LogP contribution >= 0.6 is 23.2 Å². The first-order chi connectivity index (χ1) is 8.61. The van der Waals surface area contributed by atoms with E-state index in [9.17, 15) is 13.2 Å². The van der Waals surface area contributed by atoms with Gasteiger partial charge in [0.2, 0.25) is 0 Å². The molecule has 0 aliphatic carbocycles. The maximum absolute atomic E-state index is 12.5. The molecule has 1 unspecified atom stereocenters. The number of alkyl halides is 3. The van der Waals surface area contributed by atoms with Crippen LogP contribution in [0.5, 0.6) is 5.75 Å². The van der Waals surface area contributed by atoms with Crippen molar-refractivity contribution in [3.05, 3.63) is 39.5 Å². The number of nitrogens with two attached hydrogens (primary N) is 2. The average Bonchev–Trinajstić information content (AvgIpc) is 2.20. The molecule has 0 aromatic heterocycles. The summed E-state index contributed by atoms with van der Waals surface area (Å²) in [4.78, 5) is 0. The third-order valence-electron chi connectivity index (χ3n) is 2.01. The van der Waals surface area contributed by atoms with E-state index < -0.39 is 18.0 Å². The van der Waals surface area contributed by atoms with Gasteiger partial charge in [-0.15, -0.1) is 0 Å². The van der Waals surface area contributed by atoms with E-state index in [0.717, 1.165) is 0 Å². The summed E-state index contributed by atoms with van der Waals surface area (Å²) in [5.74, 6) is -0.124. The zero-order valence-electron chi connectivity index (χ0n) is 9.76. The molecule has 8 heteroatoms. The minimum absolute atomic E-state index is 0.124. The monoisotopic (exact) mass is 314 g/mol. The molecule has 0 aliphatic rings. The van der Waals surface area contributed by atoms with Gasteiger partial charge < -0.3 is 10.5 Å². The number of hydrogen-bond donors (Lipinski definition) is 2. The van der Waals surface area contributed by atoms with Crippen LogP contribution in [0, 0.1) is 0 Å². The lowest BCUT2D eigenvalue weighted by molar-refractivity contribution is -0.137. The van der Waals surface area contributed by atoms with Crippen molar-refractivity contribution in [3.8, 4) is 5.75 Å². The Kier molecular flexibility index (Phi) is 4.95. The fourth-order valence-electron chi connectivity index (χ4n) is 1.27. The predicted octanol–water partition coefficient (Wildman–Crippen LogP) is 3.54. The average molecular weight is 315 g/mol. The van der Waals surface area contributed by atoms with Gasteiger partial charge >= 0.3 is 6.18 Å². The van der Waals surface area contributed by atoms with E-state index in [1.165, 1.54) is 6.08 Å². The summed E-state index contributed by atoms with van der Waals surface area (Å²) in [6.45, 7) is 1.58. The molecule has 0 heterocycles. The van der Waals surface area contributed by atoms with Crippen molar-refractivity contribution >= 4 is 23.2 Å². The quantitative estimate of drug-likeness (QED) is 0.839. The number of rotatable bonds is 3. The van der Waals surface area contributed by atoms with Crippen molar-refractivity contribution < 1.29 is 17.9 Å². The number of halogens is 5. The Bertz CT molecular complexity index is 476. The summed E-state index contributed by atoms with van der Waals surface area (Å²) in [5.41, 5.74) is 10.4. The zero-order valence-corrected chi connectivity index (χ0v) is 11.3. The van der Waals surface area contributed by atoms with Crippen LogP contribution in [0.15, 0.2) is 23.9 Å². The Balaban J connectivity index is 3.08. The van der Waals surface area contributed by atoms with E-state index in [1.807, 2.05) is 0 Å². The van der Waals surface area contributed by atoms with E-state index in [2.05, 4.69) is 0 Å². The van der Waals surface area contributed by atoms with Gasteiger partial charge in [-0.1, -0.05) is 23.2 Å². The summed E-state index contributed by atoms with van der Waals surface area (Å²) in [7, 11) is 0. The highest BCUT2D eigenvalue weighted by molar-refractivity contribution is 6.37. The summed E-state index contributed by atoms with van der Waals surface area (Å²) in [5, 5.41) is -0.559. The van der Waals surface area contributed by atoms with Gasteiger partial charge in [0.15, 0.2) is 12.0 Å². The number of hydrogen-bond acceptors (Lipinski definition) is 3. The third-order valence-corrected chi connectivity index (χ3v) is 2.57. The van der Waals surface area contributed by atoms with Crippen molar-refractivity contribution in [2.24, 2.45) is 11.5 Å². The highest BCUT2D eigenvalue weighted by atomic mass is 35.5. The smallest absolute Gasteiger partial charge is 0.416 e. The highest BCUT2D eigenvalue weighted by Crippen LogP contribution is 2.40. The lowest BCUT2D eigenvalue weighted by Crippen LogP contribution is -2.26. The minimum atomic E-state index is -4.54. The molecule has 0 saturated heterocycles. The second-order valence-corrected chi connectivity index (χ2v) is 4.57. The molecule has 0 fully saturated rings. The molecule has 1 aromatic rings. The predicted molar refractivity (Wildman–Crippen MR) is 68.0 cm³/mol. The number of benzene rings is 1. The first kappa shape index (κ1) is 15.9. The maximum Gasteiger partial charge on any atom is 0.416 e. The number of ether oxygens (including phenoxy) is 1. The SMILES string of the molecule is C/C(N)=C/C(N)Oc1c(Cl)cc(C(F)(F)F)cc1Cl. The second kappa shape index (κ2) is 5.90. The van der Waals surface area contributed by atoms with Crippen molar-refractivity contribution in [1.29, 1.82) is 0 Å². The van der Waals surface area contributed by atoms with Crippen LogP contribution in [-0.4, -0.2) is 6.23 Å². The summed E-state index contributed by atoms with van der Waals surface area (Å²) in [6, 6.07) is 1.43. The van der Waals surface area contributed by atoms with Gasteiger partial charge in [0.25, 0.3) is 0 Å². The maximum atomic E-state index is 12.5. The Morgan fingerprint density at radius 1 is 1.32 bits per heavy atom. The van der Waals surface area contributed by atoms with Gasteiger partial charge in [0.1, 0.15) is 0 Å². The normalized spacial score (nSPS) is 14.4. The van der Waals surface area contributed by atoms with Crippen LogP contribution in [0.25, 0.3) is 0 Å². The lowest BCUT2D eigenvalue weighted by Gasteiger charge is -2.16. The molecule has 0 radical (unpaired) electrons. The van der Waals surface area contributed by atoms with E-state index >= 15 is 0 Å². The number of allylic oxidation sites excluding steroid dienone is 1. The van der Waals surface area contributed by atoms with Crippen LogP contribution < -0.4 is 16.2 Å². The molecule has 0 amide bonds. The molecule has 0 saturated carbocycles. The van der Waals surface area contributed by atoms with E-state index in [4.69, 9.17) is 39.4 Å². The van der Waals surface area contributed by atoms with E-state index in [0.29, 0.717) is 17.8 Å². The molecule has 106 valence electrons. The molecular formula is C11H11Cl2F3N2O. The van der Waals surface area contributed by atoms with Gasteiger partial charge in [-0.2, -0.15) is 13.2 Å². The third kappa shape index (κ3) is 4.49. The molecule has 3 nitrogen and oxygen atoms in total. The highest BCUT2D eigenvalue weighted by Gasteiger charge is 2.32. The van der Waals surface area contributed by atoms with Gasteiger partial charge in [-0.3, -0.25) is 5.73 Å².